The molecule has 1 aliphatic rings. The first kappa shape index (κ1) is 21.1. The summed E-state index contributed by atoms with van der Waals surface area (Å²) in [6.07, 6.45) is 3.18. The fraction of sp³-hybridized carbons (Fsp3) is 0.308. The van der Waals surface area contributed by atoms with Gasteiger partial charge in [0.05, 0.1) is 17.7 Å². The first-order chi connectivity index (χ1) is 15.1. The Balaban J connectivity index is 1.64. The molecule has 0 amide bonds. The van der Waals surface area contributed by atoms with Crippen LogP contribution in [0.4, 0.5) is 0 Å². The molecule has 0 spiro atoms. The summed E-state index contributed by atoms with van der Waals surface area (Å²) in [4.78, 5) is 18.5. The third-order valence-corrected chi connectivity index (χ3v) is 5.91. The third kappa shape index (κ3) is 5.12. The molecule has 4 rings (SSSR count). The topological polar surface area (TPSA) is 62.7 Å². The number of benzene rings is 2. The van der Waals surface area contributed by atoms with E-state index in [9.17, 15) is 9.90 Å². The number of carbonyl (C=O) groups is 1. The number of rotatable bonds is 7. The molecule has 1 unspecified atom stereocenters. The largest absolute Gasteiger partial charge is 0.489 e. The molecule has 1 aliphatic heterocycles. The van der Waals surface area contributed by atoms with Crippen LogP contribution >= 0.6 is 0 Å². The number of likely N-dealkylation sites (tertiary alicyclic amines) is 1. The number of hydrogen-bond acceptors (Lipinski definition) is 4. The van der Waals surface area contributed by atoms with Gasteiger partial charge in [-0.05, 0) is 56.1 Å². The van der Waals surface area contributed by atoms with Crippen molar-refractivity contribution in [2.24, 2.45) is 5.92 Å². The average Bonchev–Trinajstić information content (AvgIpc) is 2.81. The summed E-state index contributed by atoms with van der Waals surface area (Å²) in [5.74, 6) is -0.136. The zero-order valence-corrected chi connectivity index (χ0v) is 17.8. The van der Waals surface area contributed by atoms with Crippen LogP contribution in [0, 0.1) is 12.8 Å². The SMILES string of the molecule is Cc1ccc(C(c2ccccc2OCc2ccccc2)N2CCC(C(=O)O)CC2)nc1. The lowest BCUT2D eigenvalue weighted by atomic mass is 9.92. The van der Waals surface area contributed by atoms with E-state index in [4.69, 9.17) is 9.72 Å². The third-order valence-electron chi connectivity index (χ3n) is 5.91. The molecular weight excluding hydrogens is 388 g/mol. The minimum atomic E-state index is -0.698. The Morgan fingerprint density at radius 2 is 1.77 bits per heavy atom. The molecule has 2 heterocycles. The van der Waals surface area contributed by atoms with Crippen LogP contribution in [0.1, 0.15) is 41.3 Å². The highest BCUT2D eigenvalue weighted by Gasteiger charge is 2.32. The summed E-state index contributed by atoms with van der Waals surface area (Å²) in [7, 11) is 0. The molecule has 1 aromatic heterocycles. The first-order valence-corrected chi connectivity index (χ1v) is 10.8. The zero-order chi connectivity index (χ0) is 21.6. The minimum Gasteiger partial charge on any atom is -0.489 e. The van der Waals surface area contributed by atoms with E-state index in [0.717, 1.165) is 28.1 Å². The highest BCUT2D eigenvalue weighted by atomic mass is 16.5. The maximum Gasteiger partial charge on any atom is 0.306 e. The van der Waals surface area contributed by atoms with Gasteiger partial charge in [0.25, 0.3) is 0 Å². The fourth-order valence-corrected chi connectivity index (χ4v) is 4.16. The first-order valence-electron chi connectivity index (χ1n) is 10.8. The van der Waals surface area contributed by atoms with Gasteiger partial charge in [-0.3, -0.25) is 14.7 Å². The van der Waals surface area contributed by atoms with Crippen LogP contribution in [0.5, 0.6) is 5.75 Å². The minimum absolute atomic E-state index is 0.0812. The smallest absolute Gasteiger partial charge is 0.306 e. The molecule has 2 aromatic carbocycles. The van der Waals surface area contributed by atoms with Crippen LogP contribution in [-0.4, -0.2) is 34.0 Å². The molecule has 3 aromatic rings. The van der Waals surface area contributed by atoms with Crippen molar-refractivity contribution < 1.29 is 14.6 Å². The number of piperidine rings is 1. The normalized spacial score (nSPS) is 16.0. The van der Waals surface area contributed by atoms with E-state index in [1.807, 2.05) is 49.5 Å². The Bertz CT molecular complexity index is 997. The number of para-hydroxylation sites is 1. The number of aryl methyl sites for hydroxylation is 1. The van der Waals surface area contributed by atoms with Gasteiger partial charge in [0, 0.05) is 11.8 Å². The number of aromatic nitrogens is 1. The van der Waals surface area contributed by atoms with Gasteiger partial charge in [-0.15, -0.1) is 0 Å². The van der Waals surface area contributed by atoms with E-state index in [-0.39, 0.29) is 12.0 Å². The molecule has 5 heteroatoms. The Morgan fingerprint density at radius 3 is 2.45 bits per heavy atom. The lowest BCUT2D eigenvalue weighted by Crippen LogP contribution is -2.39. The summed E-state index contributed by atoms with van der Waals surface area (Å²) >= 11 is 0. The number of hydrogen-bond donors (Lipinski definition) is 1. The van der Waals surface area contributed by atoms with E-state index in [2.05, 4.69) is 35.2 Å². The monoisotopic (exact) mass is 416 g/mol. The van der Waals surface area contributed by atoms with Crippen molar-refractivity contribution in [2.45, 2.75) is 32.4 Å². The van der Waals surface area contributed by atoms with Crippen molar-refractivity contribution >= 4 is 5.97 Å². The van der Waals surface area contributed by atoms with Crippen molar-refractivity contribution in [1.82, 2.24) is 9.88 Å². The number of carboxylic acids is 1. The zero-order valence-electron chi connectivity index (χ0n) is 17.8. The van der Waals surface area contributed by atoms with Crippen molar-refractivity contribution in [1.29, 1.82) is 0 Å². The van der Waals surface area contributed by atoms with Crippen molar-refractivity contribution in [3.8, 4) is 5.75 Å². The highest BCUT2D eigenvalue weighted by molar-refractivity contribution is 5.70. The lowest BCUT2D eigenvalue weighted by molar-refractivity contribution is -0.143. The number of pyridine rings is 1. The quantitative estimate of drug-likeness (QED) is 0.596. The molecule has 0 radical (unpaired) electrons. The van der Waals surface area contributed by atoms with E-state index >= 15 is 0 Å². The van der Waals surface area contributed by atoms with Gasteiger partial charge in [0.2, 0.25) is 0 Å². The molecule has 0 bridgehead atoms. The summed E-state index contributed by atoms with van der Waals surface area (Å²) in [6.45, 7) is 3.95. The maximum atomic E-state index is 11.4. The Hall–Kier alpha value is -3.18. The molecule has 31 heavy (non-hydrogen) atoms. The van der Waals surface area contributed by atoms with Crippen molar-refractivity contribution in [3.63, 3.8) is 0 Å². The molecule has 5 nitrogen and oxygen atoms in total. The van der Waals surface area contributed by atoms with Crippen LogP contribution in [-0.2, 0) is 11.4 Å². The van der Waals surface area contributed by atoms with Crippen LogP contribution < -0.4 is 4.74 Å². The van der Waals surface area contributed by atoms with Crippen LogP contribution in [0.15, 0.2) is 72.9 Å². The molecule has 160 valence electrons. The van der Waals surface area contributed by atoms with Gasteiger partial charge < -0.3 is 9.84 Å². The highest BCUT2D eigenvalue weighted by Crippen LogP contribution is 2.36. The van der Waals surface area contributed by atoms with E-state index < -0.39 is 5.97 Å². The fourth-order valence-electron chi connectivity index (χ4n) is 4.16. The summed E-state index contributed by atoms with van der Waals surface area (Å²) in [5.41, 5.74) is 4.24. The van der Waals surface area contributed by atoms with Gasteiger partial charge in [0.1, 0.15) is 12.4 Å². The van der Waals surface area contributed by atoms with E-state index in [0.29, 0.717) is 32.5 Å². The molecule has 1 atom stereocenters. The molecule has 0 saturated carbocycles. The van der Waals surface area contributed by atoms with Gasteiger partial charge in [0.15, 0.2) is 0 Å². The predicted molar refractivity (Wildman–Crippen MR) is 120 cm³/mol. The standard InChI is InChI=1S/C26H28N2O3/c1-19-11-12-23(27-17-19)25(28-15-13-21(14-16-28)26(29)30)22-9-5-6-10-24(22)31-18-20-7-3-2-4-8-20/h2-12,17,21,25H,13-16,18H2,1H3,(H,29,30). The van der Waals surface area contributed by atoms with Gasteiger partial charge in [-0.25, -0.2) is 0 Å². The lowest BCUT2D eigenvalue weighted by Gasteiger charge is -2.37. The summed E-state index contributed by atoms with van der Waals surface area (Å²) in [5, 5.41) is 9.40. The Kier molecular flexibility index (Phi) is 6.63. The van der Waals surface area contributed by atoms with E-state index in [1.165, 1.54) is 0 Å². The second-order valence-corrected chi connectivity index (χ2v) is 8.12. The molecule has 1 fully saturated rings. The second-order valence-electron chi connectivity index (χ2n) is 8.12. The molecule has 0 aliphatic carbocycles. The number of aliphatic carboxylic acids is 1. The molecule has 1 saturated heterocycles. The van der Waals surface area contributed by atoms with Crippen LogP contribution in [0.25, 0.3) is 0 Å². The molecule has 1 N–H and O–H groups in total. The van der Waals surface area contributed by atoms with Crippen molar-refractivity contribution in [2.75, 3.05) is 13.1 Å². The van der Waals surface area contributed by atoms with Crippen LogP contribution in [0.3, 0.4) is 0 Å². The summed E-state index contributed by atoms with van der Waals surface area (Å²) in [6, 6.07) is 22.3. The van der Waals surface area contributed by atoms with Crippen molar-refractivity contribution in [3.05, 3.63) is 95.3 Å². The number of carboxylic acid groups (broad SMARTS) is 1. The average molecular weight is 417 g/mol. The van der Waals surface area contributed by atoms with Gasteiger partial charge in [-0.2, -0.15) is 0 Å². The van der Waals surface area contributed by atoms with Gasteiger partial charge >= 0.3 is 5.97 Å². The van der Waals surface area contributed by atoms with Crippen LogP contribution in [0.2, 0.25) is 0 Å². The maximum absolute atomic E-state index is 11.4. The Labute approximate surface area is 183 Å². The number of ether oxygens (including phenoxy) is 1. The van der Waals surface area contributed by atoms with Gasteiger partial charge in [-0.1, -0.05) is 54.6 Å². The predicted octanol–water partition coefficient (Wildman–Crippen LogP) is 4.86. The van der Waals surface area contributed by atoms with E-state index in [1.54, 1.807) is 0 Å². The second kappa shape index (κ2) is 9.75. The Morgan fingerprint density at radius 1 is 1.06 bits per heavy atom. The number of nitrogens with zero attached hydrogens (tertiary/aromatic N) is 2. The molecular formula is C26H28N2O3. The summed E-state index contributed by atoms with van der Waals surface area (Å²) < 4.78 is 6.25.